The molecule has 1 unspecified atom stereocenters. The van der Waals surface area contributed by atoms with E-state index in [2.05, 4.69) is 4.98 Å². The van der Waals surface area contributed by atoms with Crippen molar-refractivity contribution < 1.29 is 14.2 Å². The van der Waals surface area contributed by atoms with Gasteiger partial charge in [-0.1, -0.05) is 24.3 Å². The van der Waals surface area contributed by atoms with Crippen LogP contribution in [0.3, 0.4) is 0 Å². The molecule has 4 heteroatoms. The van der Waals surface area contributed by atoms with Gasteiger partial charge in [0.2, 0.25) is 0 Å². The molecule has 1 atom stereocenters. The monoisotopic (exact) mass is 297 g/mol. The SMILES string of the molecule is OC(COc1ccc(F)cc1)Cc1ccc2ccccc2n1. The van der Waals surface area contributed by atoms with Gasteiger partial charge in [0.15, 0.2) is 0 Å². The Balaban J connectivity index is 1.60. The standard InChI is InChI=1S/C18H16FNO2/c19-14-6-9-17(10-7-14)22-12-16(21)11-15-8-5-13-3-1-2-4-18(13)20-15/h1-10,16,21H,11-12H2. The van der Waals surface area contributed by atoms with E-state index >= 15 is 0 Å². The largest absolute Gasteiger partial charge is 0.491 e. The number of benzene rings is 2. The minimum absolute atomic E-state index is 0.139. The van der Waals surface area contributed by atoms with Gasteiger partial charge in [0, 0.05) is 17.5 Å². The lowest BCUT2D eigenvalue weighted by Gasteiger charge is -2.12. The first kappa shape index (κ1) is 14.5. The minimum atomic E-state index is -0.668. The number of halogens is 1. The fourth-order valence-corrected chi connectivity index (χ4v) is 2.25. The summed E-state index contributed by atoms with van der Waals surface area (Å²) in [5.74, 6) is 0.222. The van der Waals surface area contributed by atoms with Gasteiger partial charge in [-0.15, -0.1) is 0 Å². The quantitative estimate of drug-likeness (QED) is 0.785. The van der Waals surface area contributed by atoms with Crippen molar-refractivity contribution in [1.82, 2.24) is 4.98 Å². The zero-order valence-electron chi connectivity index (χ0n) is 11.9. The van der Waals surface area contributed by atoms with E-state index < -0.39 is 6.10 Å². The third kappa shape index (κ3) is 3.59. The highest BCUT2D eigenvalue weighted by molar-refractivity contribution is 5.78. The summed E-state index contributed by atoms with van der Waals surface area (Å²) < 4.78 is 18.2. The van der Waals surface area contributed by atoms with Crippen LogP contribution in [0.1, 0.15) is 5.69 Å². The Morgan fingerprint density at radius 2 is 1.77 bits per heavy atom. The molecule has 0 aliphatic heterocycles. The van der Waals surface area contributed by atoms with Crippen molar-refractivity contribution in [2.24, 2.45) is 0 Å². The molecule has 0 saturated carbocycles. The second-order valence-corrected chi connectivity index (χ2v) is 5.12. The number of ether oxygens (including phenoxy) is 1. The predicted octanol–water partition coefficient (Wildman–Crippen LogP) is 3.36. The Morgan fingerprint density at radius 1 is 1.00 bits per heavy atom. The first-order valence-corrected chi connectivity index (χ1v) is 7.12. The average molecular weight is 297 g/mol. The van der Waals surface area contributed by atoms with Crippen LogP contribution in [-0.2, 0) is 6.42 Å². The molecular weight excluding hydrogens is 281 g/mol. The van der Waals surface area contributed by atoms with Crippen molar-refractivity contribution >= 4 is 10.9 Å². The summed E-state index contributed by atoms with van der Waals surface area (Å²) in [6.45, 7) is 0.139. The first-order chi connectivity index (χ1) is 10.7. The lowest BCUT2D eigenvalue weighted by Crippen LogP contribution is -2.20. The number of rotatable bonds is 5. The van der Waals surface area contributed by atoms with Gasteiger partial charge in [-0.25, -0.2) is 4.39 Å². The first-order valence-electron chi connectivity index (χ1n) is 7.12. The van der Waals surface area contributed by atoms with Gasteiger partial charge in [0.1, 0.15) is 18.2 Å². The maximum Gasteiger partial charge on any atom is 0.123 e. The van der Waals surface area contributed by atoms with Gasteiger partial charge >= 0.3 is 0 Å². The molecule has 1 N–H and O–H groups in total. The number of aliphatic hydroxyl groups is 1. The summed E-state index contributed by atoms with van der Waals surface area (Å²) in [6, 6.07) is 17.5. The Hall–Kier alpha value is -2.46. The van der Waals surface area contributed by atoms with E-state index in [9.17, 15) is 9.50 Å². The third-order valence-electron chi connectivity index (χ3n) is 3.36. The molecule has 3 nitrogen and oxygen atoms in total. The lowest BCUT2D eigenvalue weighted by molar-refractivity contribution is 0.107. The van der Waals surface area contributed by atoms with E-state index in [0.717, 1.165) is 16.6 Å². The fourth-order valence-electron chi connectivity index (χ4n) is 2.25. The molecule has 0 spiro atoms. The molecule has 2 aromatic carbocycles. The number of hydrogen-bond donors (Lipinski definition) is 1. The minimum Gasteiger partial charge on any atom is -0.491 e. The van der Waals surface area contributed by atoms with Gasteiger partial charge in [-0.05, 0) is 36.4 Å². The number of pyridine rings is 1. The normalized spacial score (nSPS) is 12.3. The summed E-state index contributed by atoms with van der Waals surface area (Å²) in [7, 11) is 0. The Kier molecular flexibility index (Phi) is 4.30. The molecule has 0 amide bonds. The van der Waals surface area contributed by atoms with E-state index in [0.29, 0.717) is 12.2 Å². The fraction of sp³-hybridized carbons (Fsp3) is 0.167. The number of aliphatic hydroxyl groups excluding tert-OH is 1. The van der Waals surface area contributed by atoms with Crippen molar-refractivity contribution in [1.29, 1.82) is 0 Å². The molecule has 22 heavy (non-hydrogen) atoms. The summed E-state index contributed by atoms with van der Waals surface area (Å²) in [5.41, 5.74) is 1.72. The van der Waals surface area contributed by atoms with Gasteiger partial charge < -0.3 is 9.84 Å². The Labute approximate surface area is 128 Å². The van der Waals surface area contributed by atoms with Crippen LogP contribution in [0.5, 0.6) is 5.75 Å². The molecule has 3 rings (SSSR count). The number of para-hydroxylation sites is 1. The Morgan fingerprint density at radius 3 is 2.59 bits per heavy atom. The molecule has 0 radical (unpaired) electrons. The summed E-state index contributed by atoms with van der Waals surface area (Å²) >= 11 is 0. The maximum atomic E-state index is 12.8. The number of fused-ring (bicyclic) bond motifs is 1. The molecule has 0 bridgehead atoms. The third-order valence-corrected chi connectivity index (χ3v) is 3.36. The number of hydrogen-bond acceptors (Lipinski definition) is 3. The van der Waals surface area contributed by atoms with Crippen LogP contribution >= 0.6 is 0 Å². The second kappa shape index (κ2) is 6.54. The van der Waals surface area contributed by atoms with Crippen LogP contribution < -0.4 is 4.74 Å². The highest BCUT2D eigenvalue weighted by Crippen LogP contribution is 2.14. The Bertz CT molecular complexity index is 758. The van der Waals surface area contributed by atoms with Crippen LogP contribution in [0.4, 0.5) is 4.39 Å². The number of aromatic nitrogens is 1. The van der Waals surface area contributed by atoms with Gasteiger partial charge in [0.25, 0.3) is 0 Å². The molecule has 112 valence electrons. The van der Waals surface area contributed by atoms with E-state index in [-0.39, 0.29) is 12.4 Å². The van der Waals surface area contributed by atoms with E-state index in [4.69, 9.17) is 4.74 Å². The van der Waals surface area contributed by atoms with Gasteiger partial charge in [-0.3, -0.25) is 4.98 Å². The van der Waals surface area contributed by atoms with Crippen molar-refractivity contribution in [2.45, 2.75) is 12.5 Å². The predicted molar refractivity (Wildman–Crippen MR) is 83.3 cm³/mol. The molecular formula is C18H16FNO2. The molecule has 3 aromatic rings. The molecule has 0 aliphatic carbocycles. The zero-order valence-corrected chi connectivity index (χ0v) is 11.9. The molecule has 1 aromatic heterocycles. The summed E-state index contributed by atoms with van der Waals surface area (Å²) in [6.07, 6.45) is -0.259. The molecule has 0 saturated heterocycles. The van der Waals surface area contributed by atoms with Crippen LogP contribution in [0.15, 0.2) is 60.7 Å². The lowest BCUT2D eigenvalue weighted by atomic mass is 10.1. The highest BCUT2D eigenvalue weighted by Gasteiger charge is 2.08. The van der Waals surface area contributed by atoms with Crippen molar-refractivity contribution in [2.75, 3.05) is 6.61 Å². The van der Waals surface area contributed by atoms with Crippen molar-refractivity contribution in [3.63, 3.8) is 0 Å². The van der Waals surface area contributed by atoms with Crippen LogP contribution in [0.25, 0.3) is 10.9 Å². The number of nitrogens with zero attached hydrogens (tertiary/aromatic N) is 1. The second-order valence-electron chi connectivity index (χ2n) is 5.12. The van der Waals surface area contributed by atoms with E-state index in [1.54, 1.807) is 0 Å². The molecule has 0 aliphatic rings. The zero-order chi connectivity index (χ0) is 15.4. The maximum absolute atomic E-state index is 12.8. The van der Waals surface area contributed by atoms with Gasteiger partial charge in [0.05, 0.1) is 11.6 Å². The smallest absolute Gasteiger partial charge is 0.123 e. The topological polar surface area (TPSA) is 42.4 Å². The van der Waals surface area contributed by atoms with Crippen LogP contribution in [0, 0.1) is 5.82 Å². The van der Waals surface area contributed by atoms with Crippen LogP contribution in [-0.4, -0.2) is 22.8 Å². The average Bonchev–Trinajstić information content (AvgIpc) is 2.54. The van der Waals surface area contributed by atoms with Gasteiger partial charge in [-0.2, -0.15) is 0 Å². The van der Waals surface area contributed by atoms with E-state index in [1.807, 2.05) is 36.4 Å². The van der Waals surface area contributed by atoms with E-state index in [1.165, 1.54) is 24.3 Å². The molecule has 0 fully saturated rings. The summed E-state index contributed by atoms with van der Waals surface area (Å²) in [4.78, 5) is 4.52. The van der Waals surface area contributed by atoms with Crippen LogP contribution in [0.2, 0.25) is 0 Å². The highest BCUT2D eigenvalue weighted by atomic mass is 19.1. The summed E-state index contributed by atoms with van der Waals surface area (Å²) in [5, 5.41) is 11.1. The molecule has 1 heterocycles. The van der Waals surface area contributed by atoms with Crippen molar-refractivity contribution in [3.8, 4) is 5.75 Å². The van der Waals surface area contributed by atoms with Crippen molar-refractivity contribution in [3.05, 3.63) is 72.2 Å².